The molecule has 1 amide bonds. The van der Waals surface area contributed by atoms with E-state index in [-0.39, 0.29) is 28.7 Å². The first-order valence-corrected chi connectivity index (χ1v) is 11.1. The van der Waals surface area contributed by atoms with Crippen LogP contribution in [0, 0.1) is 0 Å². The molecule has 3 aromatic rings. The smallest absolute Gasteiger partial charge is 0.261 e. The lowest BCUT2D eigenvalue weighted by molar-refractivity contribution is -0.116. The van der Waals surface area contributed by atoms with Gasteiger partial charge < -0.3 is 10.4 Å². The Labute approximate surface area is 171 Å². The molecule has 0 aliphatic rings. The molecule has 0 saturated carbocycles. The Morgan fingerprint density at radius 3 is 2.68 bits per heavy atom. The zero-order chi connectivity index (χ0) is 20.1. The van der Waals surface area contributed by atoms with Gasteiger partial charge in [0.2, 0.25) is 5.91 Å². The molecule has 6 nitrogen and oxygen atoms in total. The van der Waals surface area contributed by atoms with Gasteiger partial charge in [0.05, 0.1) is 16.3 Å². The molecule has 0 aliphatic heterocycles. The van der Waals surface area contributed by atoms with E-state index >= 15 is 0 Å². The molecule has 3 N–H and O–H groups in total. The normalized spacial score (nSPS) is 11.2. The summed E-state index contributed by atoms with van der Waals surface area (Å²) in [6.07, 6.45) is 0.776. The largest absolute Gasteiger partial charge is 0.506 e. The van der Waals surface area contributed by atoms with Crippen molar-refractivity contribution < 1.29 is 18.3 Å². The average molecular weight is 437 g/mol. The van der Waals surface area contributed by atoms with E-state index in [2.05, 4.69) is 10.0 Å². The van der Waals surface area contributed by atoms with Crippen molar-refractivity contribution in [3.63, 3.8) is 0 Å². The highest BCUT2D eigenvalue weighted by molar-refractivity contribution is 7.92. The number of aryl methyl sites for hydroxylation is 1. The Hall–Kier alpha value is -2.55. The molecule has 1 heterocycles. The highest BCUT2D eigenvalue weighted by atomic mass is 35.5. The molecule has 0 radical (unpaired) electrons. The van der Waals surface area contributed by atoms with Crippen LogP contribution in [0.4, 0.5) is 11.4 Å². The fraction of sp³-hybridized carbons (Fsp3) is 0.105. The van der Waals surface area contributed by atoms with Crippen LogP contribution in [-0.2, 0) is 21.2 Å². The number of carbonyl (C=O) groups excluding carboxylic acids is 1. The Kier molecular flexibility index (Phi) is 6.23. The van der Waals surface area contributed by atoms with Gasteiger partial charge in [-0.3, -0.25) is 9.52 Å². The molecule has 0 aliphatic carbocycles. The highest BCUT2D eigenvalue weighted by Gasteiger charge is 2.17. The third kappa shape index (κ3) is 5.25. The first kappa shape index (κ1) is 20.2. The predicted octanol–water partition coefficient (Wildman–Crippen LogP) is 4.48. The molecular formula is C19H17ClN2O4S2. The van der Waals surface area contributed by atoms with Gasteiger partial charge in [-0.1, -0.05) is 17.7 Å². The van der Waals surface area contributed by atoms with Crippen LogP contribution in [0.3, 0.4) is 0 Å². The summed E-state index contributed by atoms with van der Waals surface area (Å²) in [5, 5.41) is 16.8. The maximum Gasteiger partial charge on any atom is 0.261 e. The minimum atomic E-state index is -3.92. The van der Waals surface area contributed by atoms with E-state index in [4.69, 9.17) is 11.6 Å². The van der Waals surface area contributed by atoms with Crippen molar-refractivity contribution in [2.24, 2.45) is 0 Å². The lowest BCUT2D eigenvalue weighted by atomic mass is 10.2. The molecular weight excluding hydrogens is 420 g/mol. The van der Waals surface area contributed by atoms with Gasteiger partial charge in [0.15, 0.2) is 0 Å². The van der Waals surface area contributed by atoms with Crippen molar-refractivity contribution in [2.45, 2.75) is 17.7 Å². The second-order valence-corrected chi connectivity index (χ2v) is 8.87. The van der Waals surface area contributed by atoms with Gasteiger partial charge in [-0.15, -0.1) is 0 Å². The second kappa shape index (κ2) is 8.64. The number of benzene rings is 2. The number of nitrogens with one attached hydrogen (secondary N) is 2. The molecule has 3 rings (SSSR count). The fourth-order valence-electron chi connectivity index (χ4n) is 2.45. The number of halogens is 1. The number of anilines is 2. The van der Waals surface area contributed by atoms with Gasteiger partial charge in [0.25, 0.3) is 10.0 Å². The van der Waals surface area contributed by atoms with E-state index in [9.17, 15) is 18.3 Å². The molecule has 28 heavy (non-hydrogen) atoms. The molecule has 146 valence electrons. The molecule has 0 atom stereocenters. The van der Waals surface area contributed by atoms with E-state index < -0.39 is 10.0 Å². The summed E-state index contributed by atoms with van der Waals surface area (Å²) in [5.41, 5.74) is 1.39. The van der Waals surface area contributed by atoms with Crippen molar-refractivity contribution in [2.75, 3.05) is 10.0 Å². The SMILES string of the molecule is O=C(CCc1ccsc1)Nc1cc(S(=O)(=O)Nc2cccc(Cl)c2)ccc1O. The number of phenols is 1. The highest BCUT2D eigenvalue weighted by Crippen LogP contribution is 2.28. The van der Waals surface area contributed by atoms with Crippen LogP contribution >= 0.6 is 22.9 Å². The topological polar surface area (TPSA) is 95.5 Å². The first-order valence-electron chi connectivity index (χ1n) is 8.26. The van der Waals surface area contributed by atoms with Crippen molar-refractivity contribution in [3.05, 3.63) is 69.9 Å². The zero-order valence-corrected chi connectivity index (χ0v) is 16.9. The predicted molar refractivity (Wildman–Crippen MR) is 112 cm³/mol. The van der Waals surface area contributed by atoms with Crippen molar-refractivity contribution in [3.8, 4) is 5.75 Å². The van der Waals surface area contributed by atoms with Crippen LogP contribution in [0.5, 0.6) is 5.75 Å². The summed E-state index contributed by atoms with van der Waals surface area (Å²) in [7, 11) is -3.92. The van der Waals surface area contributed by atoms with E-state index in [0.717, 1.165) is 5.56 Å². The first-order chi connectivity index (χ1) is 13.3. The van der Waals surface area contributed by atoms with Gasteiger partial charge in [0, 0.05) is 11.4 Å². The van der Waals surface area contributed by atoms with Gasteiger partial charge >= 0.3 is 0 Å². The number of aromatic hydroxyl groups is 1. The average Bonchev–Trinajstić information content (AvgIpc) is 3.15. The standard InChI is InChI=1S/C19H17ClN2O4S2/c20-14-2-1-3-15(10-14)22-28(25,26)16-5-6-18(23)17(11-16)21-19(24)7-4-13-8-9-27-12-13/h1-3,5-6,8-12,22-23H,4,7H2,(H,21,24). The van der Waals surface area contributed by atoms with Crippen molar-refractivity contribution in [1.29, 1.82) is 0 Å². The number of amides is 1. The van der Waals surface area contributed by atoms with Crippen molar-refractivity contribution >= 4 is 50.2 Å². The number of thiophene rings is 1. The fourth-order valence-corrected chi connectivity index (χ4v) is 4.42. The van der Waals surface area contributed by atoms with Gasteiger partial charge in [-0.05, 0) is 65.2 Å². The van der Waals surface area contributed by atoms with Crippen LogP contribution in [-0.4, -0.2) is 19.4 Å². The third-order valence-corrected chi connectivity index (χ3v) is 6.20. The van der Waals surface area contributed by atoms with Crippen LogP contribution in [0.1, 0.15) is 12.0 Å². The summed E-state index contributed by atoms with van der Waals surface area (Å²) in [6.45, 7) is 0. The summed E-state index contributed by atoms with van der Waals surface area (Å²) < 4.78 is 27.6. The lowest BCUT2D eigenvalue weighted by Crippen LogP contribution is -2.15. The van der Waals surface area contributed by atoms with E-state index in [1.165, 1.54) is 24.3 Å². The number of hydrogen-bond acceptors (Lipinski definition) is 5. The Morgan fingerprint density at radius 1 is 1.14 bits per heavy atom. The van der Waals surface area contributed by atoms with Gasteiger partial charge in [-0.2, -0.15) is 11.3 Å². The van der Waals surface area contributed by atoms with Crippen LogP contribution in [0.15, 0.2) is 64.2 Å². The van der Waals surface area contributed by atoms with Gasteiger partial charge in [-0.25, -0.2) is 8.42 Å². The molecule has 0 saturated heterocycles. The number of phenolic OH excluding ortho intramolecular Hbond substituents is 1. The van der Waals surface area contributed by atoms with E-state index in [1.807, 2.05) is 16.8 Å². The molecule has 2 aromatic carbocycles. The quantitative estimate of drug-likeness (QED) is 0.476. The molecule has 0 fully saturated rings. The number of sulfonamides is 1. The minimum Gasteiger partial charge on any atom is -0.506 e. The summed E-state index contributed by atoms with van der Waals surface area (Å²) in [4.78, 5) is 12.1. The molecule has 0 unspecified atom stereocenters. The maximum atomic E-state index is 12.6. The Bertz CT molecular complexity index is 1080. The Morgan fingerprint density at radius 2 is 1.96 bits per heavy atom. The zero-order valence-electron chi connectivity index (χ0n) is 14.6. The molecule has 1 aromatic heterocycles. The second-order valence-electron chi connectivity index (χ2n) is 5.97. The number of carbonyl (C=O) groups is 1. The van der Waals surface area contributed by atoms with Crippen molar-refractivity contribution in [1.82, 2.24) is 0 Å². The molecule has 0 bridgehead atoms. The number of rotatable bonds is 7. The van der Waals surface area contributed by atoms with E-state index in [1.54, 1.807) is 29.5 Å². The third-order valence-electron chi connectivity index (χ3n) is 3.85. The Balaban J connectivity index is 1.73. The molecule has 0 spiro atoms. The maximum absolute atomic E-state index is 12.6. The number of hydrogen-bond donors (Lipinski definition) is 3. The monoisotopic (exact) mass is 436 g/mol. The minimum absolute atomic E-state index is 0.0317. The van der Waals surface area contributed by atoms with Gasteiger partial charge in [0.1, 0.15) is 5.75 Å². The summed E-state index contributed by atoms with van der Waals surface area (Å²) in [5.74, 6) is -0.538. The summed E-state index contributed by atoms with van der Waals surface area (Å²) >= 11 is 7.43. The molecule has 9 heteroatoms. The van der Waals surface area contributed by atoms with Crippen LogP contribution in [0.25, 0.3) is 0 Å². The summed E-state index contributed by atoms with van der Waals surface area (Å²) in [6, 6.07) is 11.9. The lowest BCUT2D eigenvalue weighted by Gasteiger charge is -2.12. The van der Waals surface area contributed by atoms with Crippen LogP contribution in [0.2, 0.25) is 5.02 Å². The van der Waals surface area contributed by atoms with Crippen LogP contribution < -0.4 is 10.0 Å². The van der Waals surface area contributed by atoms with E-state index in [0.29, 0.717) is 17.1 Å².